The average Bonchev–Trinajstić information content (AvgIpc) is 3.05. The molecule has 2 aliphatic rings. The van der Waals surface area contributed by atoms with Crippen molar-refractivity contribution in [2.45, 2.75) is 38.7 Å². The Hall–Kier alpha value is -2.34. The molecule has 0 unspecified atom stereocenters. The largest absolute Gasteiger partial charge is 0.449 e. The van der Waals surface area contributed by atoms with Crippen molar-refractivity contribution in [1.82, 2.24) is 9.88 Å². The van der Waals surface area contributed by atoms with Crippen molar-refractivity contribution in [1.29, 1.82) is 0 Å². The number of aryl methyl sites for hydroxylation is 2. The van der Waals surface area contributed by atoms with Gasteiger partial charge in [0.2, 0.25) is 0 Å². The van der Waals surface area contributed by atoms with Crippen LogP contribution in [0.2, 0.25) is 0 Å². The van der Waals surface area contributed by atoms with Gasteiger partial charge in [0.1, 0.15) is 0 Å². The molecule has 0 spiro atoms. The van der Waals surface area contributed by atoms with E-state index in [2.05, 4.69) is 4.98 Å². The highest BCUT2D eigenvalue weighted by molar-refractivity contribution is 5.97. The number of fused-ring (bicyclic) bond motifs is 3. The van der Waals surface area contributed by atoms with Crippen molar-refractivity contribution in [3.63, 3.8) is 0 Å². The summed E-state index contributed by atoms with van der Waals surface area (Å²) in [7, 11) is 0. The molecule has 0 bridgehead atoms. The molecule has 1 amide bonds. The minimum Gasteiger partial charge on any atom is -0.449 e. The number of hydrogen-bond donors (Lipinski definition) is 1. The van der Waals surface area contributed by atoms with Crippen molar-refractivity contribution in [3.8, 4) is 0 Å². The van der Waals surface area contributed by atoms with Crippen LogP contribution in [0.3, 0.4) is 0 Å². The van der Waals surface area contributed by atoms with Gasteiger partial charge in [-0.05, 0) is 56.4 Å². The van der Waals surface area contributed by atoms with Crippen LogP contribution < -0.4 is 0 Å². The van der Waals surface area contributed by atoms with Crippen molar-refractivity contribution < 1.29 is 19.1 Å². The topological polar surface area (TPSA) is 71.6 Å². The highest BCUT2D eigenvalue weighted by atomic mass is 16.5. The number of H-pyrrole nitrogens is 1. The fourth-order valence-electron chi connectivity index (χ4n) is 3.85. The lowest BCUT2D eigenvalue weighted by atomic mass is 9.95. The molecule has 1 aromatic carbocycles. The fraction of sp³-hybridized carbons (Fsp3) is 0.500. The van der Waals surface area contributed by atoms with Gasteiger partial charge in [0.05, 0.1) is 18.8 Å². The van der Waals surface area contributed by atoms with Crippen molar-refractivity contribution >= 4 is 22.8 Å². The number of nitrogens with one attached hydrogen (secondary N) is 1. The standard InChI is InChI=1S/C20H24N2O4/c1-13(19(23)22-8-10-25-11-9-22)26-20(24)14-6-7-18-16(12-14)15-4-2-3-5-17(15)21-18/h6-7,12-13,21H,2-5,8-11H2,1H3/t13-/m0/s1. The van der Waals surface area contributed by atoms with E-state index in [0.29, 0.717) is 31.9 Å². The molecule has 1 fully saturated rings. The molecule has 6 nitrogen and oxygen atoms in total. The van der Waals surface area contributed by atoms with Crippen molar-refractivity contribution in [2.75, 3.05) is 26.3 Å². The maximum Gasteiger partial charge on any atom is 0.338 e. The first-order valence-electron chi connectivity index (χ1n) is 9.34. The number of rotatable bonds is 3. The maximum atomic E-state index is 12.5. The second-order valence-corrected chi connectivity index (χ2v) is 7.03. The Morgan fingerprint density at radius 3 is 2.77 bits per heavy atom. The quantitative estimate of drug-likeness (QED) is 0.858. The van der Waals surface area contributed by atoms with Gasteiger partial charge in [-0.2, -0.15) is 0 Å². The molecular formula is C20H24N2O4. The predicted molar refractivity (Wildman–Crippen MR) is 97.2 cm³/mol. The number of esters is 1. The number of ether oxygens (including phenoxy) is 2. The van der Waals surface area contributed by atoms with Crippen LogP contribution in [0, 0.1) is 0 Å². The third kappa shape index (κ3) is 3.21. The zero-order chi connectivity index (χ0) is 18.1. The lowest BCUT2D eigenvalue weighted by Crippen LogP contribution is -2.46. The fourth-order valence-corrected chi connectivity index (χ4v) is 3.85. The molecule has 1 aliphatic heterocycles. The number of hydrogen-bond acceptors (Lipinski definition) is 4. The third-order valence-electron chi connectivity index (χ3n) is 5.29. The van der Waals surface area contributed by atoms with Crippen LogP contribution in [-0.4, -0.2) is 54.2 Å². The van der Waals surface area contributed by atoms with Gasteiger partial charge in [-0.1, -0.05) is 0 Å². The highest BCUT2D eigenvalue weighted by Gasteiger charge is 2.26. The second kappa shape index (κ2) is 7.11. The number of aromatic nitrogens is 1. The lowest BCUT2D eigenvalue weighted by Gasteiger charge is -2.28. The molecule has 1 saturated heterocycles. The molecule has 4 rings (SSSR count). The van der Waals surface area contributed by atoms with Crippen LogP contribution in [0.25, 0.3) is 10.9 Å². The van der Waals surface area contributed by atoms with Gasteiger partial charge in [-0.25, -0.2) is 4.79 Å². The zero-order valence-corrected chi connectivity index (χ0v) is 15.0. The number of nitrogens with zero attached hydrogens (tertiary/aromatic N) is 1. The normalized spacial score (nSPS) is 18.4. The molecule has 1 aliphatic carbocycles. The summed E-state index contributed by atoms with van der Waals surface area (Å²) in [4.78, 5) is 30.1. The minimum atomic E-state index is -0.795. The van der Waals surface area contributed by atoms with Crippen LogP contribution >= 0.6 is 0 Å². The van der Waals surface area contributed by atoms with Crippen LogP contribution in [0.5, 0.6) is 0 Å². The number of aromatic amines is 1. The minimum absolute atomic E-state index is 0.165. The molecule has 1 aromatic heterocycles. The first-order valence-corrected chi connectivity index (χ1v) is 9.34. The summed E-state index contributed by atoms with van der Waals surface area (Å²) in [6.07, 6.45) is 3.70. The average molecular weight is 356 g/mol. The first-order chi connectivity index (χ1) is 12.6. The van der Waals surface area contributed by atoms with Gasteiger partial charge in [0, 0.05) is 29.7 Å². The Bertz CT molecular complexity index is 836. The monoisotopic (exact) mass is 356 g/mol. The Morgan fingerprint density at radius 1 is 1.19 bits per heavy atom. The van der Waals surface area contributed by atoms with E-state index in [1.165, 1.54) is 24.1 Å². The summed E-state index contributed by atoms with van der Waals surface area (Å²) >= 11 is 0. The first kappa shape index (κ1) is 17.1. The molecule has 0 radical (unpaired) electrons. The van der Waals surface area contributed by atoms with E-state index in [1.807, 2.05) is 12.1 Å². The summed E-state index contributed by atoms with van der Waals surface area (Å²) in [6, 6.07) is 5.58. The van der Waals surface area contributed by atoms with E-state index in [9.17, 15) is 9.59 Å². The van der Waals surface area contributed by atoms with Crippen LogP contribution in [0.15, 0.2) is 18.2 Å². The van der Waals surface area contributed by atoms with Gasteiger partial charge < -0.3 is 19.4 Å². The van der Waals surface area contributed by atoms with Gasteiger partial charge in [-0.15, -0.1) is 0 Å². The van der Waals surface area contributed by atoms with E-state index < -0.39 is 12.1 Å². The van der Waals surface area contributed by atoms with Gasteiger partial charge in [-0.3, -0.25) is 4.79 Å². The number of benzene rings is 1. The summed E-state index contributed by atoms with van der Waals surface area (Å²) in [5.74, 6) is -0.617. The Balaban J connectivity index is 1.49. The number of amides is 1. The van der Waals surface area contributed by atoms with E-state index in [0.717, 1.165) is 23.7 Å². The number of morpholine rings is 1. The second-order valence-electron chi connectivity index (χ2n) is 7.03. The zero-order valence-electron chi connectivity index (χ0n) is 15.0. The molecule has 2 heterocycles. The third-order valence-corrected chi connectivity index (χ3v) is 5.29. The van der Waals surface area contributed by atoms with Crippen molar-refractivity contribution in [3.05, 3.63) is 35.0 Å². The molecule has 2 aromatic rings. The maximum absolute atomic E-state index is 12.5. The van der Waals surface area contributed by atoms with Crippen molar-refractivity contribution in [2.24, 2.45) is 0 Å². The molecule has 1 atom stereocenters. The molecule has 26 heavy (non-hydrogen) atoms. The van der Waals surface area contributed by atoms with Gasteiger partial charge in [0.25, 0.3) is 5.91 Å². The van der Waals surface area contributed by atoms with Crippen LogP contribution in [0.1, 0.15) is 41.4 Å². The van der Waals surface area contributed by atoms with E-state index in [-0.39, 0.29) is 5.91 Å². The Morgan fingerprint density at radius 2 is 1.96 bits per heavy atom. The summed E-state index contributed by atoms with van der Waals surface area (Å²) in [5.41, 5.74) is 4.16. The molecule has 6 heteroatoms. The Labute approximate surface area is 152 Å². The summed E-state index contributed by atoms with van der Waals surface area (Å²) in [5, 5.41) is 1.10. The Kier molecular flexibility index (Phi) is 4.68. The smallest absolute Gasteiger partial charge is 0.338 e. The van der Waals surface area contributed by atoms with Crippen LogP contribution in [-0.2, 0) is 27.1 Å². The van der Waals surface area contributed by atoms with Gasteiger partial charge in [0.15, 0.2) is 6.10 Å². The van der Waals surface area contributed by atoms with Crippen LogP contribution in [0.4, 0.5) is 0 Å². The molecular weight excluding hydrogens is 332 g/mol. The predicted octanol–water partition coefficient (Wildman–Crippen LogP) is 2.45. The highest BCUT2D eigenvalue weighted by Crippen LogP contribution is 2.29. The molecule has 0 saturated carbocycles. The number of carbonyl (C=O) groups excluding carboxylic acids is 2. The number of carbonyl (C=O) groups is 2. The molecule has 138 valence electrons. The van der Waals surface area contributed by atoms with E-state index in [1.54, 1.807) is 17.9 Å². The van der Waals surface area contributed by atoms with E-state index >= 15 is 0 Å². The SMILES string of the molecule is C[C@H](OC(=O)c1ccc2[nH]c3c(c2c1)CCCC3)C(=O)N1CCOCC1. The summed E-state index contributed by atoms with van der Waals surface area (Å²) < 4.78 is 10.7. The lowest BCUT2D eigenvalue weighted by molar-refractivity contribution is -0.143. The van der Waals surface area contributed by atoms with Gasteiger partial charge >= 0.3 is 5.97 Å². The molecule has 1 N–H and O–H groups in total. The van der Waals surface area contributed by atoms with E-state index in [4.69, 9.17) is 9.47 Å². The summed E-state index contributed by atoms with van der Waals surface area (Å²) in [6.45, 7) is 3.78.